The number of halogens is 1. The third-order valence-corrected chi connectivity index (χ3v) is 4.01. The molecule has 0 saturated heterocycles. The van der Waals surface area contributed by atoms with E-state index in [1.807, 2.05) is 12.1 Å². The van der Waals surface area contributed by atoms with Crippen molar-refractivity contribution in [2.75, 3.05) is 13.3 Å². The van der Waals surface area contributed by atoms with Crippen LogP contribution in [0, 0.1) is 0 Å². The lowest BCUT2D eigenvalue weighted by Crippen LogP contribution is -2.16. The first kappa shape index (κ1) is 15.7. The van der Waals surface area contributed by atoms with Crippen molar-refractivity contribution in [2.24, 2.45) is 0 Å². The molecule has 0 radical (unpaired) electrons. The molecule has 4 nitrogen and oxygen atoms in total. The van der Waals surface area contributed by atoms with Crippen LogP contribution in [0.15, 0.2) is 48.7 Å². The molecule has 120 valence electrons. The number of ether oxygens (including phenoxy) is 2. The van der Waals surface area contributed by atoms with Crippen molar-refractivity contribution in [1.82, 2.24) is 10.3 Å². The Hall–Kier alpha value is -2.17. The van der Waals surface area contributed by atoms with Crippen LogP contribution in [0.25, 0.3) is 10.9 Å². The Morgan fingerprint density at radius 1 is 1.04 bits per heavy atom. The van der Waals surface area contributed by atoms with Gasteiger partial charge in [-0.25, -0.2) is 0 Å². The fraction of sp³-hybridized carbons (Fsp3) is 0.222. The second-order valence-corrected chi connectivity index (χ2v) is 5.47. The molecule has 0 spiro atoms. The maximum Gasteiger partial charge on any atom is 0.231 e. The van der Waals surface area contributed by atoms with E-state index in [1.54, 1.807) is 0 Å². The van der Waals surface area contributed by atoms with Crippen molar-refractivity contribution in [3.8, 4) is 11.5 Å². The summed E-state index contributed by atoms with van der Waals surface area (Å²) in [5, 5.41) is 4.80. The van der Waals surface area contributed by atoms with Crippen molar-refractivity contribution < 1.29 is 9.47 Å². The number of hydrogen-bond acceptors (Lipinski definition) is 3. The topological polar surface area (TPSA) is 46.3 Å². The lowest BCUT2D eigenvalue weighted by molar-refractivity contribution is 0.174. The van der Waals surface area contributed by atoms with E-state index >= 15 is 0 Å². The number of H-pyrrole nitrogens is 1. The molecule has 2 heterocycles. The normalized spacial score (nSPS) is 12.3. The lowest BCUT2D eigenvalue weighted by Gasteiger charge is -2.05. The minimum atomic E-state index is 0. The van der Waals surface area contributed by atoms with Crippen LogP contribution in [0.4, 0.5) is 0 Å². The summed E-state index contributed by atoms with van der Waals surface area (Å²) in [5.74, 6) is 1.68. The van der Waals surface area contributed by atoms with Gasteiger partial charge >= 0.3 is 0 Å². The van der Waals surface area contributed by atoms with Crippen molar-refractivity contribution in [2.45, 2.75) is 13.0 Å². The van der Waals surface area contributed by atoms with Crippen molar-refractivity contribution in [3.63, 3.8) is 0 Å². The summed E-state index contributed by atoms with van der Waals surface area (Å²) in [6.07, 6.45) is 3.11. The molecular formula is C18H19ClN2O2. The minimum Gasteiger partial charge on any atom is -0.454 e. The summed E-state index contributed by atoms with van der Waals surface area (Å²) in [5.41, 5.74) is 3.77. The first-order valence-electron chi connectivity index (χ1n) is 7.54. The number of nitrogens with one attached hydrogen (secondary N) is 2. The molecule has 5 heteroatoms. The molecule has 1 aliphatic rings. The zero-order valence-electron chi connectivity index (χ0n) is 12.7. The van der Waals surface area contributed by atoms with E-state index in [2.05, 4.69) is 46.8 Å². The highest BCUT2D eigenvalue weighted by Crippen LogP contribution is 2.32. The Labute approximate surface area is 141 Å². The van der Waals surface area contributed by atoms with Gasteiger partial charge in [-0.15, -0.1) is 12.4 Å². The summed E-state index contributed by atoms with van der Waals surface area (Å²) < 4.78 is 10.7. The Kier molecular flexibility index (Phi) is 4.74. The molecule has 0 unspecified atom stereocenters. The summed E-state index contributed by atoms with van der Waals surface area (Å²) in [7, 11) is 0. The maximum absolute atomic E-state index is 5.40. The largest absolute Gasteiger partial charge is 0.454 e. The fourth-order valence-electron chi connectivity index (χ4n) is 2.85. The third kappa shape index (κ3) is 3.28. The van der Waals surface area contributed by atoms with Crippen LogP contribution in [-0.2, 0) is 13.0 Å². The van der Waals surface area contributed by atoms with Crippen LogP contribution in [-0.4, -0.2) is 18.3 Å². The van der Waals surface area contributed by atoms with Gasteiger partial charge < -0.3 is 19.8 Å². The molecule has 0 amide bonds. The van der Waals surface area contributed by atoms with E-state index in [9.17, 15) is 0 Å². The van der Waals surface area contributed by atoms with Crippen LogP contribution in [0.1, 0.15) is 11.1 Å². The first-order chi connectivity index (χ1) is 10.9. The van der Waals surface area contributed by atoms with E-state index in [1.165, 1.54) is 22.0 Å². The molecule has 0 bridgehead atoms. The predicted octanol–water partition coefficient (Wildman–Crippen LogP) is 3.65. The Morgan fingerprint density at radius 3 is 2.87 bits per heavy atom. The number of benzene rings is 2. The lowest BCUT2D eigenvalue weighted by atomic mass is 10.1. The fourth-order valence-corrected chi connectivity index (χ4v) is 2.85. The summed E-state index contributed by atoms with van der Waals surface area (Å²) >= 11 is 0. The molecule has 2 N–H and O–H groups in total. The molecule has 0 aliphatic carbocycles. The third-order valence-electron chi connectivity index (χ3n) is 4.01. The van der Waals surface area contributed by atoms with Gasteiger partial charge in [0.1, 0.15) is 0 Å². The van der Waals surface area contributed by atoms with Gasteiger partial charge in [0.15, 0.2) is 11.5 Å². The molecule has 0 fully saturated rings. The number of aromatic amines is 1. The van der Waals surface area contributed by atoms with E-state index in [0.717, 1.165) is 31.0 Å². The average molecular weight is 331 g/mol. The molecule has 0 atom stereocenters. The highest BCUT2D eigenvalue weighted by molar-refractivity contribution is 5.85. The van der Waals surface area contributed by atoms with Gasteiger partial charge in [0.25, 0.3) is 0 Å². The molecular weight excluding hydrogens is 312 g/mol. The number of aromatic nitrogens is 1. The number of fused-ring (bicyclic) bond motifs is 2. The van der Waals surface area contributed by atoms with Crippen LogP contribution in [0.5, 0.6) is 11.5 Å². The number of para-hydroxylation sites is 1. The standard InChI is InChI=1S/C18H18N2O2.ClH/c1-2-4-16-15(3-1)14(11-20-16)7-8-19-10-13-5-6-17-18(9-13)22-12-21-17;/h1-6,9,11,19-20H,7-8,10,12H2;1H. The van der Waals surface area contributed by atoms with Crippen LogP contribution in [0.2, 0.25) is 0 Å². The average Bonchev–Trinajstić information content (AvgIpc) is 3.18. The van der Waals surface area contributed by atoms with Crippen molar-refractivity contribution in [1.29, 1.82) is 0 Å². The monoisotopic (exact) mass is 330 g/mol. The summed E-state index contributed by atoms with van der Waals surface area (Å²) in [4.78, 5) is 3.32. The Balaban J connectivity index is 0.00000156. The number of hydrogen-bond donors (Lipinski definition) is 2. The minimum absolute atomic E-state index is 0. The predicted molar refractivity (Wildman–Crippen MR) is 93.5 cm³/mol. The van der Waals surface area contributed by atoms with E-state index < -0.39 is 0 Å². The SMILES string of the molecule is Cl.c1ccc2c(CCNCc3ccc4c(c3)OCO4)c[nH]c2c1. The summed E-state index contributed by atoms with van der Waals surface area (Å²) in [6.45, 7) is 2.10. The van der Waals surface area contributed by atoms with Gasteiger partial charge in [-0.1, -0.05) is 24.3 Å². The first-order valence-corrected chi connectivity index (χ1v) is 7.54. The smallest absolute Gasteiger partial charge is 0.231 e. The number of rotatable bonds is 5. The van der Waals surface area contributed by atoms with Gasteiger partial charge in [0.05, 0.1) is 0 Å². The molecule has 1 aliphatic heterocycles. The van der Waals surface area contributed by atoms with Gasteiger partial charge in [0, 0.05) is 23.6 Å². The molecule has 3 aromatic rings. The van der Waals surface area contributed by atoms with Gasteiger partial charge in [-0.3, -0.25) is 0 Å². The molecule has 2 aromatic carbocycles. The van der Waals surface area contributed by atoms with Gasteiger partial charge in [0.2, 0.25) is 6.79 Å². The van der Waals surface area contributed by atoms with E-state index in [0.29, 0.717) is 6.79 Å². The van der Waals surface area contributed by atoms with Crippen molar-refractivity contribution >= 4 is 23.3 Å². The van der Waals surface area contributed by atoms with Gasteiger partial charge in [-0.2, -0.15) is 0 Å². The van der Waals surface area contributed by atoms with Gasteiger partial charge in [-0.05, 0) is 42.3 Å². The van der Waals surface area contributed by atoms with E-state index in [-0.39, 0.29) is 12.4 Å². The van der Waals surface area contributed by atoms with Crippen LogP contribution in [0.3, 0.4) is 0 Å². The second-order valence-electron chi connectivity index (χ2n) is 5.47. The van der Waals surface area contributed by atoms with Crippen LogP contribution >= 0.6 is 12.4 Å². The molecule has 1 aromatic heterocycles. The highest BCUT2D eigenvalue weighted by atomic mass is 35.5. The maximum atomic E-state index is 5.40. The summed E-state index contributed by atoms with van der Waals surface area (Å²) in [6, 6.07) is 14.5. The highest BCUT2D eigenvalue weighted by Gasteiger charge is 2.12. The van der Waals surface area contributed by atoms with Crippen molar-refractivity contribution in [3.05, 3.63) is 59.8 Å². The zero-order chi connectivity index (χ0) is 14.8. The Bertz CT molecular complexity index is 801. The second kappa shape index (κ2) is 6.94. The molecule has 4 rings (SSSR count). The zero-order valence-corrected chi connectivity index (χ0v) is 13.5. The quantitative estimate of drug-likeness (QED) is 0.702. The Morgan fingerprint density at radius 2 is 1.91 bits per heavy atom. The molecule has 23 heavy (non-hydrogen) atoms. The van der Waals surface area contributed by atoms with E-state index in [4.69, 9.17) is 9.47 Å². The van der Waals surface area contributed by atoms with Crippen LogP contribution < -0.4 is 14.8 Å². The molecule has 0 saturated carbocycles.